The van der Waals surface area contributed by atoms with Crippen molar-refractivity contribution in [1.29, 1.82) is 0 Å². The fourth-order valence-electron chi connectivity index (χ4n) is 2.47. The summed E-state index contributed by atoms with van der Waals surface area (Å²) in [5, 5.41) is 11.6. The summed E-state index contributed by atoms with van der Waals surface area (Å²) in [6, 6.07) is 18.4. The van der Waals surface area contributed by atoms with Crippen LogP contribution in [0.4, 0.5) is 17.5 Å². The van der Waals surface area contributed by atoms with Gasteiger partial charge >= 0.3 is 0 Å². The lowest BCUT2D eigenvalue weighted by Gasteiger charge is -2.20. The first-order valence-electron chi connectivity index (χ1n) is 8.07. The molecule has 0 atom stereocenters. The van der Waals surface area contributed by atoms with E-state index in [1.165, 1.54) is 5.56 Å². The van der Waals surface area contributed by atoms with Crippen molar-refractivity contribution in [2.75, 3.05) is 16.8 Å². The molecule has 5 heteroatoms. The van der Waals surface area contributed by atoms with Crippen LogP contribution in [0.25, 0.3) is 0 Å². The first kappa shape index (κ1) is 15.9. The highest BCUT2D eigenvalue weighted by atomic mass is 15.3. The quantitative estimate of drug-likeness (QED) is 0.745. The molecule has 2 aromatic carbocycles. The Bertz CT molecular complexity index is 789. The Morgan fingerprint density at radius 3 is 2.50 bits per heavy atom. The van der Waals surface area contributed by atoms with E-state index in [1.54, 1.807) is 6.20 Å². The van der Waals surface area contributed by atoms with E-state index in [0.717, 1.165) is 24.3 Å². The molecule has 1 N–H and O–H groups in total. The summed E-state index contributed by atoms with van der Waals surface area (Å²) in [4.78, 5) is 6.72. The van der Waals surface area contributed by atoms with Gasteiger partial charge in [0.2, 0.25) is 5.95 Å². The fourth-order valence-corrected chi connectivity index (χ4v) is 2.47. The van der Waals surface area contributed by atoms with E-state index in [0.29, 0.717) is 11.8 Å². The molecule has 0 bridgehead atoms. The van der Waals surface area contributed by atoms with Gasteiger partial charge in [0.1, 0.15) is 0 Å². The van der Waals surface area contributed by atoms with Crippen molar-refractivity contribution in [3.05, 3.63) is 71.9 Å². The first-order valence-corrected chi connectivity index (χ1v) is 8.07. The molecule has 0 saturated carbocycles. The maximum Gasteiger partial charge on any atom is 0.247 e. The number of para-hydroxylation sites is 1. The molecule has 0 amide bonds. The number of hydrogen-bond acceptors (Lipinski definition) is 5. The van der Waals surface area contributed by atoms with Gasteiger partial charge in [-0.05, 0) is 31.0 Å². The zero-order chi connectivity index (χ0) is 16.8. The van der Waals surface area contributed by atoms with Gasteiger partial charge in [0, 0.05) is 18.8 Å². The third-order valence-corrected chi connectivity index (χ3v) is 3.84. The second-order valence-corrected chi connectivity index (χ2v) is 5.58. The molecule has 0 spiro atoms. The second kappa shape index (κ2) is 7.55. The Morgan fingerprint density at radius 2 is 1.75 bits per heavy atom. The van der Waals surface area contributed by atoms with Crippen LogP contribution in [0.1, 0.15) is 18.1 Å². The summed E-state index contributed by atoms with van der Waals surface area (Å²) in [5.41, 5.74) is 3.41. The van der Waals surface area contributed by atoms with Crippen LogP contribution in [0.15, 0.2) is 60.8 Å². The standard InChI is InChI=1S/C19H21N5/c1-3-24(14-16-10-5-4-6-11-16)19-22-18(13-20-23-19)21-17-12-8-7-9-15(17)2/h4-13H,3,14H2,1-2H3,(H,21,22,23). The highest BCUT2D eigenvalue weighted by Gasteiger charge is 2.10. The SMILES string of the molecule is CCN(Cc1ccccc1)c1nncc(Nc2ccccc2C)n1. The van der Waals surface area contributed by atoms with Crippen LogP contribution >= 0.6 is 0 Å². The van der Waals surface area contributed by atoms with Crippen molar-refractivity contribution in [2.45, 2.75) is 20.4 Å². The van der Waals surface area contributed by atoms with Crippen LogP contribution < -0.4 is 10.2 Å². The topological polar surface area (TPSA) is 53.9 Å². The minimum Gasteiger partial charge on any atom is -0.339 e. The largest absolute Gasteiger partial charge is 0.339 e. The third-order valence-electron chi connectivity index (χ3n) is 3.84. The van der Waals surface area contributed by atoms with E-state index in [-0.39, 0.29) is 0 Å². The van der Waals surface area contributed by atoms with Gasteiger partial charge in [0.05, 0.1) is 6.20 Å². The van der Waals surface area contributed by atoms with Crippen molar-refractivity contribution < 1.29 is 0 Å². The molecule has 5 nitrogen and oxygen atoms in total. The fraction of sp³-hybridized carbons (Fsp3) is 0.211. The molecule has 0 aliphatic carbocycles. The predicted octanol–water partition coefficient (Wildman–Crippen LogP) is 3.95. The Balaban J connectivity index is 1.79. The molecular formula is C19H21N5. The summed E-state index contributed by atoms with van der Waals surface area (Å²) in [6.07, 6.45) is 1.65. The maximum atomic E-state index is 4.62. The van der Waals surface area contributed by atoms with E-state index < -0.39 is 0 Å². The van der Waals surface area contributed by atoms with Gasteiger partial charge in [-0.25, -0.2) is 0 Å². The lowest BCUT2D eigenvalue weighted by Crippen LogP contribution is -2.24. The zero-order valence-electron chi connectivity index (χ0n) is 14.0. The zero-order valence-corrected chi connectivity index (χ0v) is 14.0. The summed E-state index contributed by atoms with van der Waals surface area (Å²) in [6.45, 7) is 5.72. The van der Waals surface area contributed by atoms with E-state index in [4.69, 9.17) is 0 Å². The van der Waals surface area contributed by atoms with Crippen LogP contribution in [-0.4, -0.2) is 21.7 Å². The maximum absolute atomic E-state index is 4.62. The average molecular weight is 319 g/mol. The number of hydrogen-bond donors (Lipinski definition) is 1. The van der Waals surface area contributed by atoms with Gasteiger partial charge in [-0.3, -0.25) is 0 Å². The molecule has 0 radical (unpaired) electrons. The Hall–Kier alpha value is -2.95. The normalized spacial score (nSPS) is 10.4. The number of nitrogens with one attached hydrogen (secondary N) is 1. The van der Waals surface area contributed by atoms with Crippen LogP contribution in [0.5, 0.6) is 0 Å². The summed E-state index contributed by atoms with van der Waals surface area (Å²) < 4.78 is 0. The van der Waals surface area contributed by atoms with Crippen molar-refractivity contribution in [1.82, 2.24) is 15.2 Å². The number of anilines is 3. The monoisotopic (exact) mass is 319 g/mol. The molecule has 0 unspecified atom stereocenters. The van der Waals surface area contributed by atoms with Gasteiger partial charge in [-0.15, -0.1) is 5.10 Å². The summed E-state index contributed by atoms with van der Waals surface area (Å²) >= 11 is 0. The molecule has 24 heavy (non-hydrogen) atoms. The van der Waals surface area contributed by atoms with Crippen LogP contribution in [0.3, 0.4) is 0 Å². The number of aryl methyl sites for hydroxylation is 1. The predicted molar refractivity (Wildman–Crippen MR) is 97.5 cm³/mol. The summed E-state index contributed by atoms with van der Waals surface area (Å²) in [7, 11) is 0. The van der Waals surface area contributed by atoms with Crippen molar-refractivity contribution in [3.8, 4) is 0 Å². The third kappa shape index (κ3) is 3.87. The molecule has 1 heterocycles. The molecule has 122 valence electrons. The van der Waals surface area contributed by atoms with Crippen LogP contribution in [0, 0.1) is 6.92 Å². The van der Waals surface area contributed by atoms with Gasteiger partial charge < -0.3 is 10.2 Å². The highest BCUT2D eigenvalue weighted by Crippen LogP contribution is 2.19. The molecular weight excluding hydrogens is 298 g/mol. The van der Waals surface area contributed by atoms with Gasteiger partial charge in [-0.1, -0.05) is 48.5 Å². The van der Waals surface area contributed by atoms with Crippen LogP contribution in [-0.2, 0) is 6.54 Å². The lowest BCUT2D eigenvalue weighted by atomic mass is 10.2. The van der Waals surface area contributed by atoms with Gasteiger partial charge in [-0.2, -0.15) is 10.1 Å². The van der Waals surface area contributed by atoms with E-state index in [9.17, 15) is 0 Å². The smallest absolute Gasteiger partial charge is 0.247 e. The Labute approximate surface area is 142 Å². The van der Waals surface area contributed by atoms with Crippen LogP contribution in [0.2, 0.25) is 0 Å². The van der Waals surface area contributed by atoms with Crippen molar-refractivity contribution in [2.24, 2.45) is 0 Å². The minimum absolute atomic E-state index is 0.625. The minimum atomic E-state index is 0.625. The molecule has 3 aromatic rings. The Kier molecular flexibility index (Phi) is 5.01. The van der Waals surface area contributed by atoms with E-state index in [1.807, 2.05) is 36.4 Å². The lowest BCUT2D eigenvalue weighted by molar-refractivity contribution is 0.771. The molecule has 0 saturated heterocycles. The van der Waals surface area contributed by atoms with Crippen molar-refractivity contribution in [3.63, 3.8) is 0 Å². The first-order chi connectivity index (χ1) is 11.8. The Morgan fingerprint density at radius 1 is 1.00 bits per heavy atom. The number of rotatable bonds is 6. The average Bonchev–Trinajstić information content (AvgIpc) is 2.63. The highest BCUT2D eigenvalue weighted by molar-refractivity contribution is 5.60. The number of aromatic nitrogens is 3. The van der Waals surface area contributed by atoms with Gasteiger partial charge in [0.15, 0.2) is 5.82 Å². The number of nitrogens with zero attached hydrogens (tertiary/aromatic N) is 4. The molecule has 0 aliphatic heterocycles. The van der Waals surface area contributed by atoms with Crippen molar-refractivity contribution >= 4 is 17.5 Å². The molecule has 1 aromatic heterocycles. The van der Waals surface area contributed by atoms with E-state index in [2.05, 4.69) is 57.4 Å². The van der Waals surface area contributed by atoms with E-state index >= 15 is 0 Å². The second-order valence-electron chi connectivity index (χ2n) is 5.58. The molecule has 3 rings (SSSR count). The molecule has 0 aliphatic rings. The van der Waals surface area contributed by atoms with Gasteiger partial charge in [0.25, 0.3) is 0 Å². The number of benzene rings is 2. The summed E-state index contributed by atoms with van der Waals surface area (Å²) in [5.74, 6) is 1.32. The molecule has 0 fully saturated rings.